The number of amides is 1. The number of nitro groups is 1. The summed E-state index contributed by atoms with van der Waals surface area (Å²) in [5, 5.41) is 10.7. The lowest BCUT2D eigenvalue weighted by molar-refractivity contribution is -0.384. The summed E-state index contributed by atoms with van der Waals surface area (Å²) in [5.41, 5.74) is 0.632. The molecule has 0 aliphatic carbocycles. The Morgan fingerprint density at radius 1 is 0.969 bits per heavy atom. The third-order valence-electron chi connectivity index (χ3n) is 5.22. The van der Waals surface area contributed by atoms with Crippen LogP contribution in [0, 0.1) is 10.1 Å². The Balaban J connectivity index is 1.37. The first kappa shape index (κ1) is 21.8. The molecule has 2 aromatic rings. The first-order valence-corrected chi connectivity index (χ1v) is 11.4. The van der Waals surface area contributed by atoms with Crippen LogP contribution < -0.4 is 9.47 Å². The van der Waals surface area contributed by atoms with Gasteiger partial charge in [-0.05, 0) is 35.9 Å². The zero-order chi connectivity index (χ0) is 22.7. The fraction of sp³-hybridized carbons (Fsp3) is 0.286. The van der Waals surface area contributed by atoms with E-state index in [-0.39, 0.29) is 42.7 Å². The Labute approximate surface area is 184 Å². The topological polar surface area (TPSA) is 119 Å². The predicted molar refractivity (Wildman–Crippen MR) is 115 cm³/mol. The summed E-state index contributed by atoms with van der Waals surface area (Å²) in [6.07, 6.45) is 2.95. The minimum absolute atomic E-state index is 0.0242. The lowest BCUT2D eigenvalue weighted by Crippen LogP contribution is -2.50. The first-order valence-electron chi connectivity index (χ1n) is 9.96. The average Bonchev–Trinajstić information content (AvgIpc) is 2.82. The number of fused-ring (bicyclic) bond motifs is 1. The molecule has 0 unspecified atom stereocenters. The van der Waals surface area contributed by atoms with Crippen molar-refractivity contribution in [3.05, 3.63) is 64.2 Å². The van der Waals surface area contributed by atoms with Crippen LogP contribution in [0.5, 0.6) is 11.5 Å². The monoisotopic (exact) mass is 459 g/mol. The van der Waals surface area contributed by atoms with Gasteiger partial charge >= 0.3 is 0 Å². The number of ether oxygens (including phenoxy) is 2. The molecule has 1 fully saturated rings. The van der Waals surface area contributed by atoms with Gasteiger partial charge in [0.15, 0.2) is 11.5 Å². The minimum Gasteiger partial charge on any atom is -0.486 e. The van der Waals surface area contributed by atoms with Crippen molar-refractivity contribution in [1.29, 1.82) is 0 Å². The Morgan fingerprint density at radius 3 is 2.28 bits per heavy atom. The SMILES string of the molecule is O=C(/C=C/c1ccc([N+](=O)[O-])cc1)N1CCN(S(=O)(=O)c2ccc3c(c2)OCCO3)CC1. The van der Waals surface area contributed by atoms with Crippen molar-refractivity contribution < 1.29 is 27.6 Å². The Morgan fingerprint density at radius 2 is 1.62 bits per heavy atom. The van der Waals surface area contributed by atoms with Crippen LogP contribution >= 0.6 is 0 Å². The molecule has 2 aromatic carbocycles. The minimum atomic E-state index is -3.72. The molecule has 0 aromatic heterocycles. The van der Waals surface area contributed by atoms with Gasteiger partial charge < -0.3 is 14.4 Å². The van der Waals surface area contributed by atoms with Crippen LogP contribution in [-0.2, 0) is 14.8 Å². The summed E-state index contributed by atoms with van der Waals surface area (Å²) in [4.78, 5) is 24.4. The van der Waals surface area contributed by atoms with Gasteiger partial charge in [-0.1, -0.05) is 0 Å². The standard InChI is InChI=1S/C21H21N3O7S/c25-21(8-3-16-1-4-17(5-2-16)24(26)27)22-9-11-23(12-10-22)32(28,29)18-6-7-19-20(15-18)31-14-13-30-19/h1-8,15H,9-14H2/b8-3+. The van der Waals surface area contributed by atoms with E-state index in [4.69, 9.17) is 9.47 Å². The normalized spacial score (nSPS) is 16.8. The fourth-order valence-electron chi connectivity index (χ4n) is 3.46. The van der Waals surface area contributed by atoms with Gasteiger partial charge in [0, 0.05) is 50.5 Å². The number of nitrogens with zero attached hydrogens (tertiary/aromatic N) is 3. The number of non-ortho nitro benzene ring substituents is 1. The lowest BCUT2D eigenvalue weighted by Gasteiger charge is -2.33. The van der Waals surface area contributed by atoms with E-state index in [1.165, 1.54) is 34.6 Å². The number of carbonyl (C=O) groups excluding carboxylic acids is 1. The van der Waals surface area contributed by atoms with Gasteiger partial charge in [-0.15, -0.1) is 0 Å². The highest BCUT2D eigenvalue weighted by atomic mass is 32.2. The highest BCUT2D eigenvalue weighted by molar-refractivity contribution is 7.89. The van der Waals surface area contributed by atoms with Crippen LogP contribution in [0.4, 0.5) is 5.69 Å². The molecule has 4 rings (SSSR count). The summed E-state index contributed by atoms with van der Waals surface area (Å²) in [7, 11) is -3.72. The molecule has 0 N–H and O–H groups in total. The number of hydrogen-bond acceptors (Lipinski definition) is 7. The maximum Gasteiger partial charge on any atom is 0.269 e. The zero-order valence-corrected chi connectivity index (χ0v) is 17.9. The van der Waals surface area contributed by atoms with Crippen molar-refractivity contribution in [1.82, 2.24) is 9.21 Å². The molecule has 0 bridgehead atoms. The molecular weight excluding hydrogens is 438 g/mol. The van der Waals surface area contributed by atoms with Crippen molar-refractivity contribution in [2.75, 3.05) is 39.4 Å². The Hall–Kier alpha value is -3.44. The molecule has 11 heteroatoms. The van der Waals surface area contributed by atoms with Gasteiger partial charge in [0.25, 0.3) is 5.69 Å². The first-order chi connectivity index (χ1) is 15.3. The van der Waals surface area contributed by atoms with Crippen molar-refractivity contribution >= 4 is 27.7 Å². The average molecular weight is 459 g/mol. The van der Waals surface area contributed by atoms with Crippen LogP contribution in [0.15, 0.2) is 53.4 Å². The Bertz CT molecular complexity index is 1150. The van der Waals surface area contributed by atoms with E-state index in [1.54, 1.807) is 29.2 Å². The predicted octanol–water partition coefficient (Wildman–Crippen LogP) is 1.91. The fourth-order valence-corrected chi connectivity index (χ4v) is 4.90. The lowest BCUT2D eigenvalue weighted by atomic mass is 10.2. The van der Waals surface area contributed by atoms with Crippen molar-refractivity contribution in [3.8, 4) is 11.5 Å². The summed E-state index contributed by atoms with van der Waals surface area (Å²) < 4.78 is 38.3. The molecule has 0 atom stereocenters. The van der Waals surface area contributed by atoms with Gasteiger partial charge in [-0.25, -0.2) is 8.42 Å². The van der Waals surface area contributed by atoms with Crippen LogP contribution in [-0.4, -0.2) is 67.8 Å². The van der Waals surface area contributed by atoms with Crippen LogP contribution in [0.1, 0.15) is 5.56 Å². The molecule has 32 heavy (non-hydrogen) atoms. The van der Waals surface area contributed by atoms with Gasteiger partial charge in [0.1, 0.15) is 13.2 Å². The third kappa shape index (κ3) is 4.58. The van der Waals surface area contributed by atoms with Gasteiger partial charge in [0.2, 0.25) is 15.9 Å². The smallest absolute Gasteiger partial charge is 0.269 e. The van der Waals surface area contributed by atoms with E-state index < -0.39 is 14.9 Å². The van der Waals surface area contributed by atoms with E-state index in [0.29, 0.717) is 30.3 Å². The second-order valence-electron chi connectivity index (χ2n) is 7.22. The number of rotatable bonds is 5. The van der Waals surface area contributed by atoms with E-state index in [1.807, 2.05) is 0 Å². The molecule has 168 valence electrons. The highest BCUT2D eigenvalue weighted by Gasteiger charge is 2.30. The largest absolute Gasteiger partial charge is 0.486 e. The molecule has 2 aliphatic rings. The van der Waals surface area contributed by atoms with Crippen LogP contribution in [0.3, 0.4) is 0 Å². The summed E-state index contributed by atoms with van der Waals surface area (Å²) in [6.45, 7) is 1.65. The molecule has 1 saturated heterocycles. The molecule has 0 saturated carbocycles. The van der Waals surface area contributed by atoms with Crippen molar-refractivity contribution in [2.24, 2.45) is 0 Å². The number of sulfonamides is 1. The number of carbonyl (C=O) groups is 1. The molecule has 0 spiro atoms. The second-order valence-corrected chi connectivity index (χ2v) is 9.15. The molecule has 0 radical (unpaired) electrons. The number of nitro benzene ring substituents is 1. The summed E-state index contributed by atoms with van der Waals surface area (Å²) in [6, 6.07) is 10.4. The van der Waals surface area contributed by atoms with E-state index >= 15 is 0 Å². The summed E-state index contributed by atoms with van der Waals surface area (Å²) >= 11 is 0. The van der Waals surface area contributed by atoms with E-state index in [2.05, 4.69) is 0 Å². The molecule has 2 heterocycles. The quantitative estimate of drug-likeness (QED) is 0.381. The number of piperazine rings is 1. The maximum atomic E-state index is 13.0. The highest BCUT2D eigenvalue weighted by Crippen LogP contribution is 2.33. The number of hydrogen-bond donors (Lipinski definition) is 0. The van der Waals surface area contributed by atoms with Gasteiger partial charge in [-0.3, -0.25) is 14.9 Å². The molecule has 1 amide bonds. The van der Waals surface area contributed by atoms with E-state index in [0.717, 1.165) is 0 Å². The molecular formula is C21H21N3O7S. The zero-order valence-electron chi connectivity index (χ0n) is 17.0. The van der Waals surface area contributed by atoms with Crippen LogP contribution in [0.25, 0.3) is 6.08 Å². The van der Waals surface area contributed by atoms with Crippen LogP contribution in [0.2, 0.25) is 0 Å². The van der Waals surface area contributed by atoms with E-state index in [9.17, 15) is 23.3 Å². The van der Waals surface area contributed by atoms with Crippen molar-refractivity contribution in [3.63, 3.8) is 0 Å². The van der Waals surface area contributed by atoms with Gasteiger partial charge in [0.05, 0.1) is 9.82 Å². The summed E-state index contributed by atoms with van der Waals surface area (Å²) in [5.74, 6) is 0.674. The van der Waals surface area contributed by atoms with Gasteiger partial charge in [-0.2, -0.15) is 4.31 Å². The Kier molecular flexibility index (Phi) is 6.10. The second kappa shape index (κ2) is 8.97. The third-order valence-corrected chi connectivity index (χ3v) is 7.12. The maximum absolute atomic E-state index is 13.0. The molecule has 2 aliphatic heterocycles. The number of benzene rings is 2. The molecule has 10 nitrogen and oxygen atoms in total. The van der Waals surface area contributed by atoms with Crippen molar-refractivity contribution in [2.45, 2.75) is 4.90 Å².